The molecule has 0 bridgehead atoms. The molecule has 1 saturated heterocycles. The molecule has 3 aromatic carbocycles. The predicted molar refractivity (Wildman–Crippen MR) is 151 cm³/mol. The van der Waals surface area contributed by atoms with Crippen LogP contribution in [0.15, 0.2) is 72.8 Å². The molecule has 1 aliphatic heterocycles. The highest BCUT2D eigenvalue weighted by molar-refractivity contribution is 5.93. The lowest BCUT2D eigenvalue weighted by atomic mass is 9.99. The molecule has 3 aromatic rings. The number of hydrogen-bond acceptors (Lipinski definition) is 4. The number of anilines is 2. The van der Waals surface area contributed by atoms with Crippen molar-refractivity contribution < 1.29 is 47.9 Å². The zero-order chi connectivity index (χ0) is 27.1. The number of quaternary nitrogens is 1. The van der Waals surface area contributed by atoms with E-state index in [1.54, 1.807) is 11.9 Å². The van der Waals surface area contributed by atoms with Crippen molar-refractivity contribution in [3.05, 3.63) is 83.9 Å². The first-order valence-corrected chi connectivity index (χ1v) is 13.2. The molecule has 0 radical (unpaired) electrons. The number of ether oxygens (including phenoxy) is 1. The third-order valence-electron chi connectivity index (χ3n) is 7.30. The van der Waals surface area contributed by atoms with E-state index in [-0.39, 0.29) is 42.6 Å². The summed E-state index contributed by atoms with van der Waals surface area (Å²) in [6.45, 7) is 1.94. The molecular formula is C31H38IN3O4. The molecule has 0 unspecified atom stereocenters. The summed E-state index contributed by atoms with van der Waals surface area (Å²) in [6, 6.07) is 23.1. The van der Waals surface area contributed by atoms with E-state index in [9.17, 15) is 14.7 Å². The van der Waals surface area contributed by atoms with Crippen molar-refractivity contribution in [3.63, 3.8) is 0 Å². The first-order chi connectivity index (χ1) is 18.2. The fraction of sp³-hybridized carbons (Fsp3) is 0.355. The Morgan fingerprint density at radius 2 is 1.62 bits per heavy atom. The van der Waals surface area contributed by atoms with Crippen LogP contribution in [0.4, 0.5) is 16.2 Å². The van der Waals surface area contributed by atoms with Crippen molar-refractivity contribution in [2.45, 2.75) is 38.4 Å². The second kappa shape index (κ2) is 13.9. The number of nitrogens with one attached hydrogen (secondary N) is 1. The maximum atomic E-state index is 12.9. The van der Waals surface area contributed by atoms with E-state index < -0.39 is 6.09 Å². The number of halogens is 1. The number of amides is 2. The first-order valence-electron chi connectivity index (χ1n) is 13.2. The van der Waals surface area contributed by atoms with Crippen molar-refractivity contribution >= 4 is 23.4 Å². The number of aliphatic hydroxyl groups is 1. The second-order valence-corrected chi connectivity index (χ2v) is 10.6. The lowest BCUT2D eigenvalue weighted by Gasteiger charge is -2.36. The van der Waals surface area contributed by atoms with Crippen LogP contribution in [0.5, 0.6) is 0 Å². The third kappa shape index (κ3) is 8.52. The van der Waals surface area contributed by atoms with Gasteiger partial charge in [0, 0.05) is 37.6 Å². The number of rotatable bonds is 8. The van der Waals surface area contributed by atoms with Gasteiger partial charge in [-0.25, -0.2) is 4.79 Å². The molecule has 0 spiro atoms. The number of carbonyl (C=O) groups is 2. The number of benzene rings is 3. The molecule has 2 N–H and O–H groups in total. The van der Waals surface area contributed by atoms with Crippen molar-refractivity contribution in [3.8, 4) is 11.1 Å². The Balaban J connectivity index is 0.00000420. The normalized spacial score (nSPS) is 14.7. The molecule has 0 aliphatic carbocycles. The van der Waals surface area contributed by atoms with Gasteiger partial charge in [-0.1, -0.05) is 54.6 Å². The number of aliphatic hydroxyl groups excluding tert-OH is 1. The van der Waals surface area contributed by atoms with Gasteiger partial charge in [-0.15, -0.1) is 0 Å². The van der Waals surface area contributed by atoms with Crippen molar-refractivity contribution in [1.82, 2.24) is 0 Å². The van der Waals surface area contributed by atoms with Gasteiger partial charge in [0.05, 0.1) is 39.5 Å². The minimum absolute atomic E-state index is 0. The number of piperidine rings is 1. The molecule has 0 aromatic heterocycles. The average Bonchev–Trinajstić information content (AvgIpc) is 2.93. The van der Waals surface area contributed by atoms with Crippen LogP contribution < -0.4 is 34.2 Å². The fourth-order valence-corrected chi connectivity index (χ4v) is 4.76. The molecule has 39 heavy (non-hydrogen) atoms. The molecule has 1 aliphatic rings. The zero-order valence-corrected chi connectivity index (χ0v) is 25.1. The van der Waals surface area contributed by atoms with Crippen LogP contribution in [0.3, 0.4) is 0 Å². The highest BCUT2D eigenvalue weighted by atomic mass is 127. The van der Waals surface area contributed by atoms with Gasteiger partial charge in [0.15, 0.2) is 0 Å². The van der Waals surface area contributed by atoms with Crippen LogP contribution in [-0.2, 0) is 22.6 Å². The standard InChI is InChI=1S/C31H37N3O4.HI/c1-33(26-13-9-24(22-35)10-14-26)30(36)16-12-23-11-15-28(25-7-5-4-6-8-25)29(21-23)32-31(37)38-27-17-19-34(2,3)20-18-27;/h4-11,13-15,21,27,35H,12,16-20,22H2,1-3H3;1H. The summed E-state index contributed by atoms with van der Waals surface area (Å²) in [4.78, 5) is 27.4. The Morgan fingerprint density at radius 3 is 2.26 bits per heavy atom. The van der Waals surface area contributed by atoms with Crippen LogP contribution in [0.25, 0.3) is 11.1 Å². The van der Waals surface area contributed by atoms with Crippen molar-refractivity contribution in [2.75, 3.05) is 44.4 Å². The van der Waals surface area contributed by atoms with Gasteiger partial charge in [0.25, 0.3) is 0 Å². The summed E-state index contributed by atoms with van der Waals surface area (Å²) >= 11 is 0. The summed E-state index contributed by atoms with van der Waals surface area (Å²) < 4.78 is 6.73. The van der Waals surface area contributed by atoms with Gasteiger partial charge >= 0.3 is 6.09 Å². The van der Waals surface area contributed by atoms with Gasteiger partial charge in [0.2, 0.25) is 5.91 Å². The molecule has 1 heterocycles. The van der Waals surface area contributed by atoms with Crippen LogP contribution in [0, 0.1) is 0 Å². The first kappa shape index (κ1) is 30.6. The molecule has 208 valence electrons. The maximum Gasteiger partial charge on any atom is 0.411 e. The number of aryl methyl sites for hydroxylation is 1. The lowest BCUT2D eigenvalue weighted by molar-refractivity contribution is -0.896. The molecule has 4 rings (SSSR count). The summed E-state index contributed by atoms with van der Waals surface area (Å²) in [5.74, 6) is -0.0126. The van der Waals surface area contributed by atoms with Crippen LogP contribution in [-0.4, -0.2) is 61.9 Å². The van der Waals surface area contributed by atoms with Gasteiger partial charge in [-0.2, -0.15) is 0 Å². The number of nitrogens with zero attached hydrogens (tertiary/aromatic N) is 2. The molecule has 0 atom stereocenters. The van der Waals surface area contributed by atoms with Crippen molar-refractivity contribution in [2.24, 2.45) is 0 Å². The summed E-state index contributed by atoms with van der Waals surface area (Å²) in [6.07, 6.45) is 2.03. The number of hydrogen-bond donors (Lipinski definition) is 2. The number of carbonyl (C=O) groups excluding carboxylic acids is 2. The lowest BCUT2D eigenvalue weighted by Crippen LogP contribution is -3.00. The molecule has 2 amide bonds. The molecule has 8 heteroatoms. The zero-order valence-electron chi connectivity index (χ0n) is 22.9. The minimum Gasteiger partial charge on any atom is -1.00 e. The SMILES string of the molecule is CN(C(=O)CCc1ccc(-c2ccccc2)c(NC(=O)OC2CC[N+](C)(C)CC2)c1)c1ccc(CO)cc1.[I-]. The van der Waals surface area contributed by atoms with Crippen molar-refractivity contribution in [1.29, 1.82) is 0 Å². The quantitative estimate of drug-likeness (QED) is 0.292. The van der Waals surface area contributed by atoms with E-state index in [1.165, 1.54) is 0 Å². The summed E-state index contributed by atoms with van der Waals surface area (Å²) in [5, 5.41) is 12.2. The van der Waals surface area contributed by atoms with Gasteiger partial charge < -0.3 is 43.2 Å². The smallest absolute Gasteiger partial charge is 0.411 e. The predicted octanol–water partition coefficient (Wildman–Crippen LogP) is 2.23. The maximum absolute atomic E-state index is 12.9. The minimum atomic E-state index is -0.446. The topological polar surface area (TPSA) is 78.9 Å². The summed E-state index contributed by atoms with van der Waals surface area (Å²) in [5.41, 5.74) is 5.10. The third-order valence-corrected chi connectivity index (χ3v) is 7.30. The second-order valence-electron chi connectivity index (χ2n) is 10.6. The van der Waals surface area contributed by atoms with Gasteiger partial charge in [-0.05, 0) is 41.3 Å². The largest absolute Gasteiger partial charge is 1.00 e. The van der Waals surface area contributed by atoms with E-state index in [1.807, 2.05) is 72.8 Å². The van der Waals surface area contributed by atoms with E-state index >= 15 is 0 Å². The van der Waals surface area contributed by atoms with E-state index in [0.717, 1.165) is 58.4 Å². The monoisotopic (exact) mass is 643 g/mol. The Morgan fingerprint density at radius 1 is 0.974 bits per heavy atom. The van der Waals surface area contributed by atoms with Crippen LogP contribution in [0.1, 0.15) is 30.4 Å². The van der Waals surface area contributed by atoms with Crippen LogP contribution in [0.2, 0.25) is 0 Å². The Hall–Kier alpha value is -2.95. The van der Waals surface area contributed by atoms with E-state index in [4.69, 9.17) is 4.74 Å². The molecular weight excluding hydrogens is 605 g/mol. The highest BCUT2D eigenvalue weighted by Crippen LogP contribution is 2.30. The molecule has 7 nitrogen and oxygen atoms in total. The van der Waals surface area contributed by atoms with Gasteiger partial charge in [-0.3, -0.25) is 10.1 Å². The summed E-state index contributed by atoms with van der Waals surface area (Å²) in [7, 11) is 6.15. The van der Waals surface area contributed by atoms with E-state index in [2.05, 4.69) is 19.4 Å². The van der Waals surface area contributed by atoms with Crippen LogP contribution >= 0.6 is 0 Å². The Labute approximate surface area is 248 Å². The Kier molecular flexibility index (Phi) is 10.9. The van der Waals surface area contributed by atoms with Gasteiger partial charge in [0.1, 0.15) is 6.10 Å². The fourth-order valence-electron chi connectivity index (χ4n) is 4.76. The Bertz CT molecular complexity index is 1240. The van der Waals surface area contributed by atoms with E-state index in [0.29, 0.717) is 18.5 Å². The number of likely N-dealkylation sites (tertiary alicyclic amines) is 1. The highest BCUT2D eigenvalue weighted by Gasteiger charge is 2.28. The molecule has 0 saturated carbocycles. The average molecular weight is 644 g/mol. The molecule has 1 fully saturated rings.